The van der Waals surface area contributed by atoms with Crippen molar-refractivity contribution in [1.29, 1.82) is 0 Å². The second-order valence-electron chi connectivity index (χ2n) is 1.49. The number of hydrogen-bond acceptors (Lipinski definition) is 1. The number of amides is 1. The van der Waals surface area contributed by atoms with Gasteiger partial charge in [-0.25, -0.2) is 0 Å². The van der Waals surface area contributed by atoms with Crippen LogP contribution in [-0.2, 0) is 4.79 Å². The van der Waals surface area contributed by atoms with Crippen molar-refractivity contribution in [2.24, 2.45) is 5.73 Å². The van der Waals surface area contributed by atoms with E-state index in [1.165, 1.54) is 6.92 Å². The third-order valence-corrected chi connectivity index (χ3v) is 0.705. The van der Waals surface area contributed by atoms with Crippen LogP contribution in [-0.4, -0.2) is 11.8 Å². The first-order valence-electron chi connectivity index (χ1n) is 2.32. The Balaban J connectivity index is 4.19. The molecule has 9 heavy (non-hydrogen) atoms. The number of halogens is 2. The lowest BCUT2D eigenvalue weighted by Crippen LogP contribution is -2.33. The van der Waals surface area contributed by atoms with Crippen LogP contribution in [0.3, 0.4) is 0 Å². The summed E-state index contributed by atoms with van der Waals surface area (Å²) in [5.41, 5.74) is 4.32. The first-order valence-corrected chi connectivity index (χ1v) is 2.32. The summed E-state index contributed by atoms with van der Waals surface area (Å²) in [6, 6.07) is 0. The average Bonchev–Trinajstić information content (AvgIpc) is 1.65. The highest BCUT2D eigenvalue weighted by molar-refractivity contribution is 5.83. The van der Waals surface area contributed by atoms with E-state index in [0.717, 1.165) is 6.08 Å². The lowest BCUT2D eigenvalue weighted by Gasteiger charge is -2.03. The topological polar surface area (TPSA) is 43.1 Å². The molecule has 0 heterocycles. The SMILES string of the molecule is C/C=C/C(F)(F)C(N)=O. The molecular weight excluding hydrogens is 128 g/mol. The van der Waals surface area contributed by atoms with E-state index in [4.69, 9.17) is 0 Å². The van der Waals surface area contributed by atoms with Gasteiger partial charge in [-0.3, -0.25) is 4.79 Å². The molecule has 0 radical (unpaired) electrons. The van der Waals surface area contributed by atoms with E-state index in [2.05, 4.69) is 5.73 Å². The zero-order valence-electron chi connectivity index (χ0n) is 4.90. The second-order valence-corrected chi connectivity index (χ2v) is 1.49. The summed E-state index contributed by atoms with van der Waals surface area (Å²) in [4.78, 5) is 9.83. The molecule has 0 unspecified atom stereocenters. The lowest BCUT2D eigenvalue weighted by molar-refractivity contribution is -0.135. The largest absolute Gasteiger partial charge is 0.364 e. The number of carbonyl (C=O) groups excluding carboxylic acids is 1. The first kappa shape index (κ1) is 8.07. The third-order valence-electron chi connectivity index (χ3n) is 0.705. The minimum absolute atomic E-state index is 0.454. The van der Waals surface area contributed by atoms with Gasteiger partial charge in [0.2, 0.25) is 0 Å². The van der Waals surface area contributed by atoms with Crippen LogP contribution in [0, 0.1) is 0 Å². The van der Waals surface area contributed by atoms with Crippen LogP contribution in [0.5, 0.6) is 0 Å². The van der Waals surface area contributed by atoms with E-state index in [-0.39, 0.29) is 0 Å². The summed E-state index contributed by atoms with van der Waals surface area (Å²) >= 11 is 0. The monoisotopic (exact) mass is 135 g/mol. The van der Waals surface area contributed by atoms with Crippen molar-refractivity contribution in [2.75, 3.05) is 0 Å². The molecule has 0 atom stereocenters. The van der Waals surface area contributed by atoms with Gasteiger partial charge in [-0.1, -0.05) is 6.08 Å². The van der Waals surface area contributed by atoms with Crippen LogP contribution < -0.4 is 5.73 Å². The standard InChI is InChI=1S/C5H7F2NO/c1-2-3-5(6,7)4(8)9/h2-3H,1H3,(H2,8,9)/b3-2+. The highest BCUT2D eigenvalue weighted by atomic mass is 19.3. The number of alkyl halides is 2. The molecule has 2 N–H and O–H groups in total. The van der Waals surface area contributed by atoms with Crippen LogP contribution in [0.4, 0.5) is 8.78 Å². The van der Waals surface area contributed by atoms with E-state index < -0.39 is 11.8 Å². The Morgan fingerprint density at radius 2 is 2.11 bits per heavy atom. The molecule has 0 aliphatic heterocycles. The van der Waals surface area contributed by atoms with E-state index in [9.17, 15) is 13.6 Å². The van der Waals surface area contributed by atoms with Crippen molar-refractivity contribution < 1.29 is 13.6 Å². The van der Waals surface area contributed by atoms with E-state index in [1.807, 2.05) is 0 Å². The molecule has 4 heteroatoms. The van der Waals surface area contributed by atoms with Crippen LogP contribution >= 0.6 is 0 Å². The van der Waals surface area contributed by atoms with Crippen molar-refractivity contribution in [3.63, 3.8) is 0 Å². The van der Waals surface area contributed by atoms with Crippen molar-refractivity contribution in [1.82, 2.24) is 0 Å². The normalized spacial score (nSPS) is 12.3. The van der Waals surface area contributed by atoms with E-state index in [1.54, 1.807) is 0 Å². The van der Waals surface area contributed by atoms with Gasteiger partial charge in [0, 0.05) is 0 Å². The second kappa shape index (κ2) is 2.57. The minimum atomic E-state index is -3.49. The van der Waals surface area contributed by atoms with Crippen molar-refractivity contribution >= 4 is 5.91 Å². The Kier molecular flexibility index (Phi) is 2.30. The van der Waals surface area contributed by atoms with Gasteiger partial charge in [0.1, 0.15) is 0 Å². The third kappa shape index (κ3) is 2.21. The average molecular weight is 135 g/mol. The number of allylic oxidation sites excluding steroid dienone is 1. The predicted molar refractivity (Wildman–Crippen MR) is 29.0 cm³/mol. The zero-order chi connectivity index (χ0) is 7.49. The Hall–Kier alpha value is -0.930. The molecule has 2 nitrogen and oxygen atoms in total. The molecular formula is C5H7F2NO. The Labute approximate surface area is 51.3 Å². The Morgan fingerprint density at radius 3 is 2.22 bits per heavy atom. The molecule has 0 fully saturated rings. The number of hydrogen-bond donors (Lipinski definition) is 1. The fourth-order valence-electron chi connectivity index (χ4n) is 0.291. The number of primary amides is 1. The maximum Gasteiger partial charge on any atom is 0.342 e. The molecule has 0 aliphatic carbocycles. The number of carbonyl (C=O) groups is 1. The molecule has 0 aliphatic rings. The zero-order valence-corrected chi connectivity index (χ0v) is 4.90. The molecule has 0 spiro atoms. The lowest BCUT2D eigenvalue weighted by atomic mass is 10.3. The van der Waals surface area contributed by atoms with Gasteiger partial charge in [-0.2, -0.15) is 8.78 Å². The fourth-order valence-corrected chi connectivity index (χ4v) is 0.291. The number of rotatable bonds is 2. The van der Waals surface area contributed by atoms with Crippen LogP contribution in [0.15, 0.2) is 12.2 Å². The maximum absolute atomic E-state index is 12.0. The van der Waals surface area contributed by atoms with Crippen LogP contribution in [0.2, 0.25) is 0 Å². The predicted octanol–water partition coefficient (Wildman–Crippen LogP) is 0.683. The smallest absolute Gasteiger partial charge is 0.342 e. The first-order chi connectivity index (χ1) is 4.00. The van der Waals surface area contributed by atoms with Gasteiger partial charge < -0.3 is 5.73 Å². The Bertz CT molecular complexity index is 142. The van der Waals surface area contributed by atoms with Gasteiger partial charge in [0.25, 0.3) is 5.91 Å². The molecule has 0 saturated carbocycles. The highest BCUT2D eigenvalue weighted by Gasteiger charge is 2.32. The minimum Gasteiger partial charge on any atom is -0.364 e. The Morgan fingerprint density at radius 1 is 1.67 bits per heavy atom. The van der Waals surface area contributed by atoms with Crippen LogP contribution in [0.1, 0.15) is 6.92 Å². The summed E-state index contributed by atoms with van der Waals surface area (Å²) in [6.45, 7) is 1.39. The summed E-state index contributed by atoms with van der Waals surface area (Å²) in [5.74, 6) is -5.12. The summed E-state index contributed by atoms with van der Waals surface area (Å²) in [6.07, 6.45) is 1.53. The van der Waals surface area contributed by atoms with Crippen molar-refractivity contribution in [2.45, 2.75) is 12.8 Å². The summed E-state index contributed by atoms with van der Waals surface area (Å²) < 4.78 is 24.0. The summed E-state index contributed by atoms with van der Waals surface area (Å²) in [5, 5.41) is 0. The van der Waals surface area contributed by atoms with Crippen molar-refractivity contribution in [3.8, 4) is 0 Å². The van der Waals surface area contributed by atoms with Gasteiger partial charge in [-0.15, -0.1) is 0 Å². The fraction of sp³-hybridized carbons (Fsp3) is 0.400. The molecule has 0 aromatic carbocycles. The van der Waals surface area contributed by atoms with E-state index in [0.29, 0.717) is 6.08 Å². The molecule has 0 bridgehead atoms. The van der Waals surface area contributed by atoms with Gasteiger partial charge in [-0.05, 0) is 13.0 Å². The maximum atomic E-state index is 12.0. The molecule has 1 amide bonds. The van der Waals surface area contributed by atoms with Gasteiger partial charge >= 0.3 is 5.92 Å². The molecule has 0 aromatic heterocycles. The molecule has 0 rings (SSSR count). The number of nitrogens with two attached hydrogens (primary N) is 1. The molecule has 0 saturated heterocycles. The van der Waals surface area contributed by atoms with Crippen molar-refractivity contribution in [3.05, 3.63) is 12.2 Å². The van der Waals surface area contributed by atoms with Gasteiger partial charge in [0.15, 0.2) is 0 Å². The van der Waals surface area contributed by atoms with Gasteiger partial charge in [0.05, 0.1) is 0 Å². The molecule has 52 valence electrons. The summed E-state index contributed by atoms with van der Waals surface area (Å²) in [7, 11) is 0. The van der Waals surface area contributed by atoms with E-state index >= 15 is 0 Å². The highest BCUT2D eigenvalue weighted by Crippen LogP contribution is 2.13. The van der Waals surface area contributed by atoms with Crippen LogP contribution in [0.25, 0.3) is 0 Å². The molecule has 0 aromatic rings. The quantitative estimate of drug-likeness (QED) is 0.556.